The number of hydrogen-bond donors (Lipinski definition) is 2. The number of ether oxygens (including phenoxy) is 1. The van der Waals surface area contributed by atoms with Gasteiger partial charge in [-0.3, -0.25) is 0 Å². The summed E-state index contributed by atoms with van der Waals surface area (Å²) >= 11 is 5.70. The lowest BCUT2D eigenvalue weighted by Crippen LogP contribution is -2.05. The van der Waals surface area contributed by atoms with Gasteiger partial charge in [0, 0.05) is 0 Å². The lowest BCUT2D eigenvalue weighted by Gasteiger charge is -2.11. The number of nitrogens with two attached hydrogens (primary N) is 1. The van der Waals surface area contributed by atoms with E-state index in [1.165, 1.54) is 18.5 Å². The minimum Gasteiger partial charge on any atom is -0.476 e. The molecule has 0 aliphatic heterocycles. The van der Waals surface area contributed by atoms with Gasteiger partial charge in [-0.05, 0) is 19.1 Å². The molecule has 0 saturated carbocycles. The van der Waals surface area contributed by atoms with Gasteiger partial charge < -0.3 is 15.8 Å². The SMILES string of the molecule is CCOc1ncnc(Nc2cccc(Cl)c2F)c1N. The van der Waals surface area contributed by atoms with Gasteiger partial charge in [-0.25, -0.2) is 9.37 Å². The Morgan fingerprint density at radius 3 is 2.95 bits per heavy atom. The van der Waals surface area contributed by atoms with E-state index < -0.39 is 5.82 Å². The van der Waals surface area contributed by atoms with Gasteiger partial charge in [0.05, 0.1) is 17.3 Å². The Labute approximate surface area is 114 Å². The molecule has 0 aliphatic rings. The van der Waals surface area contributed by atoms with Crippen molar-refractivity contribution in [2.24, 2.45) is 0 Å². The Morgan fingerprint density at radius 1 is 1.42 bits per heavy atom. The first-order valence-electron chi connectivity index (χ1n) is 5.57. The van der Waals surface area contributed by atoms with Crippen molar-refractivity contribution >= 4 is 28.8 Å². The van der Waals surface area contributed by atoms with Crippen molar-refractivity contribution in [1.29, 1.82) is 0 Å². The normalized spacial score (nSPS) is 10.3. The summed E-state index contributed by atoms with van der Waals surface area (Å²) in [5, 5.41) is 2.78. The molecule has 100 valence electrons. The molecule has 7 heteroatoms. The lowest BCUT2D eigenvalue weighted by atomic mass is 10.3. The molecule has 19 heavy (non-hydrogen) atoms. The molecule has 0 aliphatic carbocycles. The topological polar surface area (TPSA) is 73.1 Å². The zero-order valence-electron chi connectivity index (χ0n) is 10.2. The Morgan fingerprint density at radius 2 is 2.21 bits per heavy atom. The molecule has 0 fully saturated rings. The van der Waals surface area contributed by atoms with Crippen LogP contribution in [0.5, 0.6) is 5.88 Å². The van der Waals surface area contributed by atoms with Gasteiger partial charge in [-0.15, -0.1) is 0 Å². The van der Waals surface area contributed by atoms with E-state index >= 15 is 0 Å². The third kappa shape index (κ3) is 2.85. The van der Waals surface area contributed by atoms with Crippen molar-refractivity contribution in [3.63, 3.8) is 0 Å². The fraction of sp³-hybridized carbons (Fsp3) is 0.167. The molecular weight excluding hydrogens is 271 g/mol. The van der Waals surface area contributed by atoms with E-state index in [0.717, 1.165) is 0 Å². The van der Waals surface area contributed by atoms with E-state index in [1.54, 1.807) is 6.07 Å². The maximum atomic E-state index is 13.8. The Bertz CT molecular complexity index is 594. The van der Waals surface area contributed by atoms with Gasteiger partial charge in [0.25, 0.3) is 0 Å². The van der Waals surface area contributed by atoms with Crippen molar-refractivity contribution in [2.45, 2.75) is 6.92 Å². The molecule has 0 saturated heterocycles. The van der Waals surface area contributed by atoms with E-state index in [2.05, 4.69) is 15.3 Å². The average molecular weight is 283 g/mol. The van der Waals surface area contributed by atoms with Gasteiger partial charge in [0.2, 0.25) is 5.88 Å². The summed E-state index contributed by atoms with van der Waals surface area (Å²) in [6.45, 7) is 2.23. The monoisotopic (exact) mass is 282 g/mol. The Balaban J connectivity index is 2.33. The van der Waals surface area contributed by atoms with Crippen LogP contribution in [-0.2, 0) is 0 Å². The number of halogens is 2. The van der Waals surface area contributed by atoms with Crippen molar-refractivity contribution in [3.8, 4) is 5.88 Å². The average Bonchev–Trinajstić information content (AvgIpc) is 2.40. The summed E-state index contributed by atoms with van der Waals surface area (Å²) in [5.41, 5.74) is 6.23. The molecule has 0 amide bonds. The van der Waals surface area contributed by atoms with Gasteiger partial charge in [0.1, 0.15) is 12.0 Å². The summed E-state index contributed by atoms with van der Waals surface area (Å²) < 4.78 is 19.0. The number of aromatic nitrogens is 2. The number of benzene rings is 1. The van der Waals surface area contributed by atoms with Gasteiger partial charge in [-0.1, -0.05) is 17.7 Å². The molecule has 1 heterocycles. The number of nitrogens with one attached hydrogen (secondary N) is 1. The minimum atomic E-state index is -0.569. The molecule has 2 aromatic rings. The standard InChI is InChI=1S/C12H12ClFN4O/c1-2-19-12-10(15)11(16-6-17-12)18-8-5-3-4-7(13)9(8)14/h3-6H,2,15H2,1H3,(H,16,17,18). The van der Waals surface area contributed by atoms with Crippen LogP contribution in [0, 0.1) is 5.82 Å². The lowest BCUT2D eigenvalue weighted by molar-refractivity contribution is 0.328. The van der Waals surface area contributed by atoms with Gasteiger partial charge >= 0.3 is 0 Å². The highest BCUT2D eigenvalue weighted by atomic mass is 35.5. The number of hydrogen-bond acceptors (Lipinski definition) is 5. The fourth-order valence-electron chi connectivity index (χ4n) is 1.46. The first-order chi connectivity index (χ1) is 9.13. The molecule has 0 spiro atoms. The second-order valence-corrected chi connectivity index (χ2v) is 4.01. The van der Waals surface area contributed by atoms with E-state index in [1.807, 2.05) is 6.92 Å². The molecule has 5 nitrogen and oxygen atoms in total. The molecule has 0 bridgehead atoms. The summed E-state index contributed by atoms with van der Waals surface area (Å²) in [5.74, 6) is -0.0535. The maximum Gasteiger partial charge on any atom is 0.242 e. The first-order valence-corrected chi connectivity index (χ1v) is 5.95. The number of anilines is 3. The van der Waals surface area contributed by atoms with Crippen molar-refractivity contribution in [3.05, 3.63) is 35.4 Å². The zero-order chi connectivity index (χ0) is 13.8. The van der Waals surface area contributed by atoms with Gasteiger partial charge in [0.15, 0.2) is 11.6 Å². The molecule has 2 rings (SSSR count). The van der Waals surface area contributed by atoms with E-state index in [9.17, 15) is 4.39 Å². The van der Waals surface area contributed by atoms with Crippen LogP contribution in [0.15, 0.2) is 24.5 Å². The highest BCUT2D eigenvalue weighted by molar-refractivity contribution is 6.31. The molecule has 1 aromatic heterocycles. The molecular formula is C12H12ClFN4O. The summed E-state index contributed by atoms with van der Waals surface area (Å²) in [7, 11) is 0. The van der Waals surface area contributed by atoms with Crippen LogP contribution in [0.3, 0.4) is 0 Å². The van der Waals surface area contributed by atoms with Crippen LogP contribution in [-0.4, -0.2) is 16.6 Å². The summed E-state index contributed by atoms with van der Waals surface area (Å²) in [6, 6.07) is 4.61. The van der Waals surface area contributed by atoms with E-state index in [0.29, 0.717) is 6.61 Å². The predicted molar refractivity (Wildman–Crippen MR) is 72.3 cm³/mol. The third-order valence-corrected chi connectivity index (χ3v) is 2.62. The smallest absolute Gasteiger partial charge is 0.242 e. The van der Waals surface area contributed by atoms with Crippen LogP contribution in [0.4, 0.5) is 21.6 Å². The molecule has 0 radical (unpaired) electrons. The third-order valence-electron chi connectivity index (χ3n) is 2.33. The van der Waals surface area contributed by atoms with E-state index in [4.69, 9.17) is 22.1 Å². The van der Waals surface area contributed by atoms with E-state index in [-0.39, 0.29) is 28.1 Å². The van der Waals surface area contributed by atoms with Crippen LogP contribution in [0.2, 0.25) is 5.02 Å². The second-order valence-electron chi connectivity index (χ2n) is 3.60. The predicted octanol–water partition coefficient (Wildman–Crippen LogP) is 2.99. The molecule has 1 aromatic carbocycles. The van der Waals surface area contributed by atoms with Crippen LogP contribution < -0.4 is 15.8 Å². The zero-order valence-corrected chi connectivity index (χ0v) is 10.9. The Kier molecular flexibility index (Phi) is 4.01. The van der Waals surface area contributed by atoms with Crippen molar-refractivity contribution in [2.75, 3.05) is 17.7 Å². The number of nitrogens with zero attached hydrogens (tertiary/aromatic N) is 2. The first kappa shape index (κ1) is 13.4. The van der Waals surface area contributed by atoms with Crippen LogP contribution in [0.25, 0.3) is 0 Å². The highest BCUT2D eigenvalue weighted by Crippen LogP contribution is 2.30. The quantitative estimate of drug-likeness (QED) is 0.902. The maximum absolute atomic E-state index is 13.8. The molecule has 3 N–H and O–H groups in total. The number of nitrogen functional groups attached to an aromatic ring is 1. The van der Waals surface area contributed by atoms with Crippen LogP contribution in [0.1, 0.15) is 6.92 Å². The largest absolute Gasteiger partial charge is 0.476 e. The van der Waals surface area contributed by atoms with Crippen molar-refractivity contribution in [1.82, 2.24) is 9.97 Å². The summed E-state index contributed by atoms with van der Waals surface area (Å²) in [4.78, 5) is 7.84. The summed E-state index contributed by atoms with van der Waals surface area (Å²) in [6.07, 6.45) is 1.28. The second kappa shape index (κ2) is 5.71. The molecule has 0 atom stereocenters. The highest BCUT2D eigenvalue weighted by Gasteiger charge is 2.12. The van der Waals surface area contributed by atoms with Crippen molar-refractivity contribution < 1.29 is 9.13 Å². The minimum absolute atomic E-state index is 0.0164. The Hall–Kier alpha value is -2.08. The number of rotatable bonds is 4. The fourth-order valence-corrected chi connectivity index (χ4v) is 1.63. The van der Waals surface area contributed by atoms with Crippen LogP contribution >= 0.6 is 11.6 Å². The van der Waals surface area contributed by atoms with Gasteiger partial charge in [-0.2, -0.15) is 4.98 Å². The molecule has 0 unspecified atom stereocenters.